The van der Waals surface area contributed by atoms with Gasteiger partial charge in [0.15, 0.2) is 0 Å². The molecule has 1 heterocycles. The summed E-state index contributed by atoms with van der Waals surface area (Å²) in [6.07, 6.45) is 0. The van der Waals surface area contributed by atoms with Crippen molar-refractivity contribution < 1.29 is 22.3 Å². The van der Waals surface area contributed by atoms with E-state index in [0.29, 0.717) is 5.56 Å². The minimum Gasteiger partial charge on any atom is -0.379 e. The summed E-state index contributed by atoms with van der Waals surface area (Å²) in [6, 6.07) is 10.5. The maximum absolute atomic E-state index is 14.2. The van der Waals surface area contributed by atoms with E-state index < -0.39 is 20.7 Å². The molecule has 138 valence electrons. The molecule has 1 amide bonds. The van der Waals surface area contributed by atoms with E-state index in [9.17, 15) is 17.6 Å². The fraction of sp³-hybridized carbons (Fsp3) is 0.278. The number of ether oxygens (including phenoxy) is 1. The van der Waals surface area contributed by atoms with Crippen molar-refractivity contribution in [3.63, 3.8) is 0 Å². The molecule has 1 aliphatic rings. The summed E-state index contributed by atoms with van der Waals surface area (Å²) in [5.41, 5.74) is 1.47. The number of anilines is 1. The molecule has 0 spiro atoms. The van der Waals surface area contributed by atoms with E-state index in [4.69, 9.17) is 4.74 Å². The maximum atomic E-state index is 14.2. The van der Waals surface area contributed by atoms with Gasteiger partial charge in [-0.25, -0.2) is 12.8 Å². The number of aryl methyl sites for hydroxylation is 1. The van der Waals surface area contributed by atoms with Crippen LogP contribution in [0.25, 0.3) is 0 Å². The van der Waals surface area contributed by atoms with E-state index >= 15 is 0 Å². The van der Waals surface area contributed by atoms with Crippen LogP contribution in [0.2, 0.25) is 0 Å². The van der Waals surface area contributed by atoms with E-state index in [-0.39, 0.29) is 37.9 Å². The number of halogens is 1. The van der Waals surface area contributed by atoms with Gasteiger partial charge >= 0.3 is 0 Å². The molecule has 0 bridgehead atoms. The normalized spacial score (nSPS) is 15.6. The molecule has 0 unspecified atom stereocenters. The average Bonchev–Trinajstić information content (AvgIpc) is 2.64. The van der Waals surface area contributed by atoms with E-state index in [0.717, 1.165) is 17.7 Å². The van der Waals surface area contributed by atoms with Gasteiger partial charge in [-0.1, -0.05) is 18.2 Å². The van der Waals surface area contributed by atoms with Gasteiger partial charge in [0.2, 0.25) is 10.0 Å². The number of carbonyl (C=O) groups excluding carboxylic acids is 1. The Bertz CT molecular complexity index is 925. The van der Waals surface area contributed by atoms with Gasteiger partial charge in [0, 0.05) is 24.3 Å². The van der Waals surface area contributed by atoms with Crippen LogP contribution in [0, 0.1) is 12.7 Å². The van der Waals surface area contributed by atoms with Crippen molar-refractivity contribution in [2.75, 3.05) is 31.6 Å². The molecule has 6 nitrogen and oxygen atoms in total. The predicted octanol–water partition coefficient (Wildman–Crippen LogP) is 2.41. The highest BCUT2D eigenvalue weighted by Gasteiger charge is 2.29. The average molecular weight is 378 g/mol. The third kappa shape index (κ3) is 3.77. The summed E-state index contributed by atoms with van der Waals surface area (Å²) in [4.78, 5) is 11.9. The zero-order valence-corrected chi connectivity index (χ0v) is 15.1. The van der Waals surface area contributed by atoms with Gasteiger partial charge in [0.25, 0.3) is 5.91 Å². The van der Waals surface area contributed by atoms with Crippen molar-refractivity contribution in [1.82, 2.24) is 4.31 Å². The molecule has 1 N–H and O–H groups in total. The number of carbonyl (C=O) groups is 1. The standard InChI is InChI=1S/C18H19FN2O4S/c1-13-4-2-3-5-15(13)18(22)20-14-6-7-16(19)17(12-14)26(23,24)21-8-10-25-11-9-21/h2-7,12H,8-11H2,1H3,(H,20,22). The summed E-state index contributed by atoms with van der Waals surface area (Å²) in [6.45, 7) is 2.67. The fourth-order valence-electron chi connectivity index (χ4n) is 2.73. The Labute approximate surface area is 151 Å². The van der Waals surface area contributed by atoms with Crippen LogP contribution in [-0.4, -0.2) is 44.9 Å². The maximum Gasteiger partial charge on any atom is 0.255 e. The largest absolute Gasteiger partial charge is 0.379 e. The summed E-state index contributed by atoms with van der Waals surface area (Å²) < 4.78 is 45.9. The van der Waals surface area contributed by atoms with E-state index in [1.54, 1.807) is 25.1 Å². The van der Waals surface area contributed by atoms with Crippen molar-refractivity contribution in [2.24, 2.45) is 0 Å². The summed E-state index contributed by atoms with van der Waals surface area (Å²) >= 11 is 0. The molecule has 2 aromatic rings. The third-order valence-corrected chi connectivity index (χ3v) is 6.08. The number of hydrogen-bond acceptors (Lipinski definition) is 4. The van der Waals surface area contributed by atoms with Gasteiger partial charge in [0.05, 0.1) is 13.2 Å². The van der Waals surface area contributed by atoms with Crippen LogP contribution in [-0.2, 0) is 14.8 Å². The minimum atomic E-state index is -4.00. The molecule has 0 radical (unpaired) electrons. The Kier molecular flexibility index (Phi) is 5.36. The Morgan fingerprint density at radius 2 is 1.85 bits per heavy atom. The first kappa shape index (κ1) is 18.5. The first-order valence-corrected chi connectivity index (χ1v) is 9.58. The Balaban J connectivity index is 1.88. The Morgan fingerprint density at radius 1 is 1.15 bits per heavy atom. The fourth-order valence-corrected chi connectivity index (χ4v) is 4.23. The highest BCUT2D eigenvalue weighted by molar-refractivity contribution is 7.89. The lowest BCUT2D eigenvalue weighted by Crippen LogP contribution is -2.40. The molecule has 3 rings (SSSR count). The first-order valence-electron chi connectivity index (χ1n) is 8.14. The van der Waals surface area contributed by atoms with Crippen LogP contribution in [0.3, 0.4) is 0 Å². The van der Waals surface area contributed by atoms with Gasteiger partial charge < -0.3 is 10.1 Å². The van der Waals surface area contributed by atoms with Gasteiger partial charge in [-0.2, -0.15) is 4.31 Å². The number of nitrogens with one attached hydrogen (secondary N) is 1. The van der Waals surface area contributed by atoms with Gasteiger partial charge in [0.1, 0.15) is 10.7 Å². The monoisotopic (exact) mass is 378 g/mol. The molecule has 8 heteroatoms. The topological polar surface area (TPSA) is 75.7 Å². The zero-order chi connectivity index (χ0) is 18.7. The first-order chi connectivity index (χ1) is 12.4. The summed E-state index contributed by atoms with van der Waals surface area (Å²) in [5, 5.41) is 2.63. The number of sulfonamides is 1. The number of rotatable bonds is 4. The van der Waals surface area contributed by atoms with E-state index in [1.807, 2.05) is 6.07 Å². The number of amides is 1. The van der Waals surface area contributed by atoms with Crippen LogP contribution >= 0.6 is 0 Å². The lowest BCUT2D eigenvalue weighted by atomic mass is 10.1. The minimum absolute atomic E-state index is 0.168. The highest BCUT2D eigenvalue weighted by atomic mass is 32.2. The highest BCUT2D eigenvalue weighted by Crippen LogP contribution is 2.24. The second-order valence-corrected chi connectivity index (χ2v) is 7.84. The molecular formula is C18H19FN2O4S. The lowest BCUT2D eigenvalue weighted by Gasteiger charge is -2.26. The molecule has 0 aliphatic carbocycles. The number of benzene rings is 2. The smallest absolute Gasteiger partial charge is 0.255 e. The van der Waals surface area contributed by atoms with Crippen LogP contribution in [0.15, 0.2) is 47.4 Å². The van der Waals surface area contributed by atoms with Crippen molar-refractivity contribution in [1.29, 1.82) is 0 Å². The van der Waals surface area contributed by atoms with Crippen molar-refractivity contribution in [2.45, 2.75) is 11.8 Å². The second kappa shape index (κ2) is 7.53. The number of hydrogen-bond donors (Lipinski definition) is 1. The van der Waals surface area contributed by atoms with E-state index in [2.05, 4.69) is 5.32 Å². The lowest BCUT2D eigenvalue weighted by molar-refractivity contribution is 0.0729. The van der Waals surface area contributed by atoms with Crippen molar-refractivity contribution >= 4 is 21.6 Å². The van der Waals surface area contributed by atoms with Crippen LogP contribution < -0.4 is 5.32 Å². The van der Waals surface area contributed by atoms with Crippen molar-refractivity contribution in [3.05, 3.63) is 59.4 Å². The third-order valence-electron chi connectivity index (χ3n) is 4.17. The van der Waals surface area contributed by atoms with Crippen LogP contribution in [0.5, 0.6) is 0 Å². The Morgan fingerprint density at radius 3 is 2.54 bits per heavy atom. The molecule has 1 aliphatic heterocycles. The van der Waals surface area contributed by atoms with Crippen LogP contribution in [0.1, 0.15) is 15.9 Å². The second-order valence-electron chi connectivity index (χ2n) is 5.93. The number of nitrogens with zero attached hydrogens (tertiary/aromatic N) is 1. The zero-order valence-electron chi connectivity index (χ0n) is 14.2. The van der Waals surface area contributed by atoms with Crippen molar-refractivity contribution in [3.8, 4) is 0 Å². The molecule has 1 fully saturated rings. The van der Waals surface area contributed by atoms with E-state index in [1.165, 1.54) is 10.4 Å². The van der Waals surface area contributed by atoms with Gasteiger partial charge in [-0.3, -0.25) is 4.79 Å². The molecule has 0 aromatic heterocycles. The molecular weight excluding hydrogens is 359 g/mol. The summed E-state index contributed by atoms with van der Waals surface area (Å²) in [7, 11) is -4.00. The summed E-state index contributed by atoms with van der Waals surface area (Å²) in [5.74, 6) is -1.24. The quantitative estimate of drug-likeness (QED) is 0.887. The Hall–Kier alpha value is -2.29. The number of morpholine rings is 1. The molecule has 0 saturated carbocycles. The molecule has 0 atom stereocenters. The molecule has 26 heavy (non-hydrogen) atoms. The van der Waals surface area contributed by atoms with Gasteiger partial charge in [-0.05, 0) is 36.8 Å². The van der Waals surface area contributed by atoms with Gasteiger partial charge in [-0.15, -0.1) is 0 Å². The molecule has 2 aromatic carbocycles. The van der Waals surface area contributed by atoms with Crippen LogP contribution in [0.4, 0.5) is 10.1 Å². The molecule has 1 saturated heterocycles. The SMILES string of the molecule is Cc1ccccc1C(=O)Nc1ccc(F)c(S(=O)(=O)N2CCOCC2)c1. The predicted molar refractivity (Wildman–Crippen MR) is 95.1 cm³/mol.